The molecule has 0 fully saturated rings. The summed E-state index contributed by atoms with van der Waals surface area (Å²) in [4.78, 5) is 16.3. The van der Waals surface area contributed by atoms with Crippen molar-refractivity contribution >= 4 is 16.8 Å². The minimum absolute atomic E-state index is 0.0370. The molecule has 138 valence electrons. The lowest BCUT2D eigenvalue weighted by Crippen LogP contribution is -2.31. The summed E-state index contributed by atoms with van der Waals surface area (Å²) in [7, 11) is 1.68. The van der Waals surface area contributed by atoms with Crippen LogP contribution in [0.2, 0.25) is 0 Å². The van der Waals surface area contributed by atoms with E-state index in [-0.39, 0.29) is 18.7 Å². The molecule has 6 heteroatoms. The number of rotatable bonds is 3. The van der Waals surface area contributed by atoms with Crippen molar-refractivity contribution in [3.63, 3.8) is 0 Å². The minimum Gasteiger partial charge on any atom is -0.497 e. The number of nitrogens with one attached hydrogen (secondary N) is 2. The van der Waals surface area contributed by atoms with E-state index >= 15 is 0 Å². The molecule has 0 spiro atoms. The lowest BCUT2D eigenvalue weighted by molar-refractivity contribution is 0.0931. The van der Waals surface area contributed by atoms with E-state index in [2.05, 4.69) is 16.4 Å². The molecule has 27 heavy (non-hydrogen) atoms. The maximum atomic E-state index is 12.8. The highest BCUT2D eigenvalue weighted by atomic mass is 16.7. The van der Waals surface area contributed by atoms with Crippen molar-refractivity contribution in [2.75, 3.05) is 13.9 Å². The van der Waals surface area contributed by atoms with Crippen molar-refractivity contribution in [3.8, 4) is 17.2 Å². The number of carbonyl (C=O) groups is 1. The Morgan fingerprint density at radius 2 is 2.07 bits per heavy atom. The number of aromatic amines is 1. The van der Waals surface area contributed by atoms with Gasteiger partial charge in [-0.05, 0) is 61.2 Å². The van der Waals surface area contributed by atoms with E-state index in [9.17, 15) is 4.79 Å². The predicted octanol–water partition coefficient (Wildman–Crippen LogP) is 3.71. The first-order valence-electron chi connectivity index (χ1n) is 9.12. The van der Waals surface area contributed by atoms with Crippen LogP contribution in [0.15, 0.2) is 36.4 Å². The van der Waals surface area contributed by atoms with Crippen LogP contribution >= 0.6 is 0 Å². The molecule has 2 aliphatic rings. The first-order valence-corrected chi connectivity index (χ1v) is 9.12. The fourth-order valence-corrected chi connectivity index (χ4v) is 3.99. The summed E-state index contributed by atoms with van der Waals surface area (Å²) < 4.78 is 16.1. The van der Waals surface area contributed by atoms with Crippen LogP contribution in [0.1, 0.15) is 40.5 Å². The predicted molar refractivity (Wildman–Crippen MR) is 101 cm³/mol. The van der Waals surface area contributed by atoms with Crippen molar-refractivity contribution in [3.05, 3.63) is 53.2 Å². The van der Waals surface area contributed by atoms with Gasteiger partial charge in [0.25, 0.3) is 5.91 Å². The van der Waals surface area contributed by atoms with Crippen molar-refractivity contribution in [1.82, 2.24) is 10.3 Å². The van der Waals surface area contributed by atoms with E-state index in [1.54, 1.807) is 25.3 Å². The van der Waals surface area contributed by atoms with Gasteiger partial charge in [0.2, 0.25) is 6.79 Å². The molecular formula is C21H20N2O4. The molecule has 1 atom stereocenters. The summed E-state index contributed by atoms with van der Waals surface area (Å²) in [6.07, 6.45) is 2.94. The highest BCUT2D eigenvalue weighted by Crippen LogP contribution is 2.37. The van der Waals surface area contributed by atoms with Gasteiger partial charge in [0, 0.05) is 22.2 Å². The molecule has 0 bridgehead atoms. The topological polar surface area (TPSA) is 72.6 Å². The van der Waals surface area contributed by atoms with E-state index in [1.807, 2.05) is 12.1 Å². The van der Waals surface area contributed by atoms with Gasteiger partial charge in [0.05, 0.1) is 13.2 Å². The second-order valence-corrected chi connectivity index (χ2v) is 6.92. The van der Waals surface area contributed by atoms with E-state index in [0.717, 1.165) is 36.2 Å². The Bertz CT molecular complexity index is 1040. The Kier molecular flexibility index (Phi) is 3.70. The maximum absolute atomic E-state index is 12.8. The van der Waals surface area contributed by atoms with Gasteiger partial charge in [-0.15, -0.1) is 0 Å². The third-order valence-electron chi connectivity index (χ3n) is 5.35. The van der Waals surface area contributed by atoms with E-state index in [4.69, 9.17) is 14.2 Å². The molecule has 2 heterocycles. The third kappa shape index (κ3) is 2.68. The third-order valence-corrected chi connectivity index (χ3v) is 5.35. The zero-order valence-corrected chi connectivity index (χ0v) is 15.0. The van der Waals surface area contributed by atoms with Gasteiger partial charge >= 0.3 is 0 Å². The maximum Gasteiger partial charge on any atom is 0.251 e. The number of aryl methyl sites for hydroxylation is 1. The summed E-state index contributed by atoms with van der Waals surface area (Å²) in [6, 6.07) is 11.3. The molecular weight excluding hydrogens is 344 g/mol. The summed E-state index contributed by atoms with van der Waals surface area (Å²) in [5.74, 6) is 2.03. The van der Waals surface area contributed by atoms with E-state index in [0.29, 0.717) is 17.1 Å². The van der Waals surface area contributed by atoms with Gasteiger partial charge in [-0.3, -0.25) is 4.79 Å². The van der Waals surface area contributed by atoms with Crippen molar-refractivity contribution in [1.29, 1.82) is 0 Å². The average Bonchev–Trinajstić information content (AvgIpc) is 3.31. The van der Waals surface area contributed by atoms with Crippen LogP contribution in [0.5, 0.6) is 17.2 Å². The Balaban J connectivity index is 1.44. The molecule has 3 aromatic rings. The summed E-state index contributed by atoms with van der Waals surface area (Å²) >= 11 is 0. The lowest BCUT2D eigenvalue weighted by Gasteiger charge is -2.24. The van der Waals surface area contributed by atoms with Crippen molar-refractivity contribution < 1.29 is 19.0 Å². The lowest BCUT2D eigenvalue weighted by atomic mass is 9.91. The number of methoxy groups -OCH3 is 1. The molecule has 1 amide bonds. The minimum atomic E-state index is -0.109. The highest BCUT2D eigenvalue weighted by molar-refractivity contribution is 5.95. The Morgan fingerprint density at radius 1 is 1.19 bits per heavy atom. The zero-order valence-electron chi connectivity index (χ0n) is 15.0. The quantitative estimate of drug-likeness (QED) is 0.743. The number of benzene rings is 2. The molecule has 1 aromatic heterocycles. The molecule has 2 N–H and O–H groups in total. The standard InChI is InChI=1S/C21H20N2O4/c1-25-13-6-7-16-15(10-13)14-3-2-4-17(20(14)22-16)23-21(24)12-5-8-18-19(9-12)27-11-26-18/h5-10,17,22H,2-4,11H2,1H3,(H,23,24)/t17-/m1/s1. The number of aromatic nitrogens is 1. The second-order valence-electron chi connectivity index (χ2n) is 6.92. The first-order chi connectivity index (χ1) is 13.2. The van der Waals surface area contributed by atoms with Crippen LogP contribution in [-0.4, -0.2) is 24.8 Å². The summed E-state index contributed by atoms with van der Waals surface area (Å²) in [6.45, 7) is 0.199. The van der Waals surface area contributed by atoms with Crippen molar-refractivity contribution in [2.45, 2.75) is 25.3 Å². The number of H-pyrrole nitrogens is 1. The second kappa shape index (κ2) is 6.23. The zero-order chi connectivity index (χ0) is 18.4. The van der Waals surface area contributed by atoms with Crippen LogP contribution in [0.25, 0.3) is 10.9 Å². The molecule has 0 saturated heterocycles. The van der Waals surface area contributed by atoms with E-state index in [1.165, 1.54) is 10.9 Å². The normalized spacial score (nSPS) is 17.6. The Morgan fingerprint density at radius 3 is 2.96 bits per heavy atom. The number of carbonyl (C=O) groups excluding carboxylic acids is 1. The van der Waals surface area contributed by atoms with Crippen LogP contribution in [0.3, 0.4) is 0 Å². The van der Waals surface area contributed by atoms with Gasteiger partial charge < -0.3 is 24.5 Å². The number of hydrogen-bond donors (Lipinski definition) is 2. The SMILES string of the molecule is COc1ccc2[nH]c3c(c2c1)CCC[C@H]3NC(=O)c1ccc2c(c1)OCO2. The summed E-state index contributed by atoms with van der Waals surface area (Å²) in [5, 5.41) is 4.35. The van der Waals surface area contributed by atoms with Gasteiger partial charge in [-0.25, -0.2) is 0 Å². The van der Waals surface area contributed by atoms with Crippen LogP contribution < -0.4 is 19.5 Å². The molecule has 1 aliphatic heterocycles. The molecule has 2 aromatic carbocycles. The van der Waals surface area contributed by atoms with Crippen LogP contribution in [-0.2, 0) is 6.42 Å². The number of hydrogen-bond acceptors (Lipinski definition) is 4. The van der Waals surface area contributed by atoms with Gasteiger partial charge in [0.15, 0.2) is 11.5 Å². The fraction of sp³-hybridized carbons (Fsp3) is 0.286. The summed E-state index contributed by atoms with van der Waals surface area (Å²) in [5.41, 5.74) is 4.01. The largest absolute Gasteiger partial charge is 0.497 e. The van der Waals surface area contributed by atoms with Crippen LogP contribution in [0, 0.1) is 0 Å². The number of ether oxygens (including phenoxy) is 3. The van der Waals surface area contributed by atoms with Gasteiger partial charge in [0.1, 0.15) is 5.75 Å². The molecule has 0 unspecified atom stereocenters. The van der Waals surface area contributed by atoms with Gasteiger partial charge in [-0.2, -0.15) is 0 Å². The molecule has 1 aliphatic carbocycles. The monoisotopic (exact) mass is 364 g/mol. The fourth-order valence-electron chi connectivity index (χ4n) is 3.99. The smallest absolute Gasteiger partial charge is 0.251 e. The first kappa shape index (κ1) is 16.1. The van der Waals surface area contributed by atoms with Crippen LogP contribution in [0.4, 0.5) is 0 Å². The van der Waals surface area contributed by atoms with Gasteiger partial charge in [-0.1, -0.05) is 0 Å². The molecule has 0 saturated carbocycles. The molecule has 5 rings (SSSR count). The highest BCUT2D eigenvalue weighted by Gasteiger charge is 2.26. The Hall–Kier alpha value is -3.15. The average molecular weight is 364 g/mol. The number of amides is 1. The number of fused-ring (bicyclic) bond motifs is 4. The molecule has 0 radical (unpaired) electrons. The van der Waals surface area contributed by atoms with E-state index < -0.39 is 0 Å². The Labute approximate surface area is 156 Å². The molecule has 6 nitrogen and oxygen atoms in total. The van der Waals surface area contributed by atoms with Crippen molar-refractivity contribution in [2.24, 2.45) is 0 Å².